The van der Waals surface area contributed by atoms with E-state index in [9.17, 15) is 4.79 Å². The molecule has 5 nitrogen and oxygen atoms in total. The van der Waals surface area contributed by atoms with E-state index in [1.54, 1.807) is 25.3 Å². The summed E-state index contributed by atoms with van der Waals surface area (Å²) in [6, 6.07) is 25.4. The minimum absolute atomic E-state index is 0.0862. The summed E-state index contributed by atoms with van der Waals surface area (Å²) in [5.74, 6) is 1.07. The van der Waals surface area contributed by atoms with Gasteiger partial charge in [0.2, 0.25) is 5.91 Å². The van der Waals surface area contributed by atoms with Crippen molar-refractivity contribution in [2.75, 3.05) is 18.2 Å². The summed E-state index contributed by atoms with van der Waals surface area (Å²) < 4.78 is 5.14. The van der Waals surface area contributed by atoms with Gasteiger partial charge in [-0.2, -0.15) is 0 Å². The highest BCUT2D eigenvalue weighted by Crippen LogP contribution is 2.33. The molecule has 1 heterocycles. The van der Waals surface area contributed by atoms with Gasteiger partial charge in [0.05, 0.1) is 23.5 Å². The number of amides is 1. The van der Waals surface area contributed by atoms with Crippen molar-refractivity contribution in [1.29, 1.82) is 0 Å². The molecule has 0 saturated carbocycles. The number of nitrogens with zero attached hydrogens (tertiary/aromatic N) is 1. The fourth-order valence-corrected chi connectivity index (χ4v) is 4.32. The number of aromatic nitrogens is 2. The first-order chi connectivity index (χ1) is 15.6. The molecule has 162 valence electrons. The van der Waals surface area contributed by atoms with Crippen LogP contribution in [0.3, 0.4) is 0 Å². The minimum atomic E-state index is -0.0862. The molecule has 3 aromatic carbocycles. The number of carbonyl (C=O) groups excluding carboxylic acids is 1. The van der Waals surface area contributed by atoms with E-state index in [-0.39, 0.29) is 5.91 Å². The summed E-state index contributed by atoms with van der Waals surface area (Å²) in [5, 5.41) is 4.10. The summed E-state index contributed by atoms with van der Waals surface area (Å²) in [6.07, 6.45) is 0.344. The van der Waals surface area contributed by atoms with Crippen LogP contribution in [0.4, 0.5) is 5.69 Å². The number of imidazole rings is 1. The molecule has 0 atom stereocenters. The lowest BCUT2D eigenvalue weighted by Crippen LogP contribution is -2.12. The molecule has 0 bridgehead atoms. The average Bonchev–Trinajstić information content (AvgIpc) is 3.24. The predicted octanol–water partition coefficient (Wildman–Crippen LogP) is 6.53. The van der Waals surface area contributed by atoms with Crippen LogP contribution in [0.5, 0.6) is 5.75 Å². The SMILES string of the molecule is COc1ccc(NC(=O)CCSc2nc(-c3ccccc3)c(-c3ccccc3)[nH]2)cc1Cl. The fraction of sp³-hybridized carbons (Fsp3) is 0.120. The Bertz CT molecular complexity index is 1140. The van der Waals surface area contributed by atoms with E-state index >= 15 is 0 Å². The highest BCUT2D eigenvalue weighted by atomic mass is 35.5. The Kier molecular flexibility index (Phi) is 7.14. The first-order valence-corrected chi connectivity index (χ1v) is 11.5. The number of rotatable bonds is 8. The zero-order valence-corrected chi connectivity index (χ0v) is 19.0. The maximum Gasteiger partial charge on any atom is 0.225 e. The Morgan fingerprint density at radius 3 is 2.38 bits per heavy atom. The maximum absolute atomic E-state index is 12.4. The molecule has 1 amide bonds. The number of hydrogen-bond donors (Lipinski definition) is 2. The number of carbonyl (C=O) groups is 1. The molecule has 0 fully saturated rings. The molecule has 0 aliphatic rings. The lowest BCUT2D eigenvalue weighted by Gasteiger charge is -2.07. The maximum atomic E-state index is 12.4. The van der Waals surface area contributed by atoms with Gasteiger partial charge in [-0.15, -0.1) is 0 Å². The number of nitrogens with one attached hydrogen (secondary N) is 2. The van der Waals surface area contributed by atoms with Gasteiger partial charge in [0.1, 0.15) is 5.75 Å². The molecular formula is C25H22ClN3O2S. The molecule has 0 saturated heterocycles. The topological polar surface area (TPSA) is 67.0 Å². The smallest absolute Gasteiger partial charge is 0.225 e. The average molecular weight is 464 g/mol. The second-order valence-electron chi connectivity index (χ2n) is 6.99. The van der Waals surface area contributed by atoms with Gasteiger partial charge >= 0.3 is 0 Å². The van der Waals surface area contributed by atoms with Gasteiger partial charge in [-0.1, -0.05) is 84.0 Å². The van der Waals surface area contributed by atoms with Gasteiger partial charge in [0.15, 0.2) is 5.16 Å². The molecule has 7 heteroatoms. The number of anilines is 1. The van der Waals surface area contributed by atoms with Crippen LogP contribution >= 0.6 is 23.4 Å². The first kappa shape index (κ1) is 22.0. The van der Waals surface area contributed by atoms with Gasteiger partial charge in [-0.25, -0.2) is 4.98 Å². The normalized spacial score (nSPS) is 10.7. The van der Waals surface area contributed by atoms with Crippen molar-refractivity contribution in [3.63, 3.8) is 0 Å². The molecule has 0 spiro atoms. The molecule has 2 N–H and O–H groups in total. The molecule has 0 radical (unpaired) electrons. The number of ether oxygens (including phenoxy) is 1. The van der Waals surface area contributed by atoms with Crippen LogP contribution in [0.15, 0.2) is 84.0 Å². The second kappa shape index (κ2) is 10.4. The van der Waals surface area contributed by atoms with Crippen molar-refractivity contribution in [2.24, 2.45) is 0 Å². The predicted molar refractivity (Wildman–Crippen MR) is 131 cm³/mol. The largest absolute Gasteiger partial charge is 0.495 e. The molecule has 32 heavy (non-hydrogen) atoms. The van der Waals surface area contributed by atoms with E-state index in [1.165, 1.54) is 11.8 Å². The molecule has 4 rings (SSSR count). The van der Waals surface area contributed by atoms with Crippen LogP contribution in [-0.2, 0) is 4.79 Å². The number of halogens is 1. The highest BCUT2D eigenvalue weighted by molar-refractivity contribution is 7.99. The summed E-state index contributed by atoms with van der Waals surface area (Å²) in [5.41, 5.74) is 4.62. The third kappa shape index (κ3) is 5.33. The Balaban J connectivity index is 1.43. The third-order valence-electron chi connectivity index (χ3n) is 4.80. The lowest BCUT2D eigenvalue weighted by molar-refractivity contribution is -0.115. The van der Waals surface area contributed by atoms with E-state index < -0.39 is 0 Å². The number of thioether (sulfide) groups is 1. The standard InChI is InChI=1S/C25H22ClN3O2S/c1-31-21-13-12-19(16-20(21)26)27-22(30)14-15-32-25-28-23(17-8-4-2-5-9-17)24(29-25)18-10-6-3-7-11-18/h2-13,16H,14-15H2,1H3,(H,27,30)(H,28,29). The van der Waals surface area contributed by atoms with E-state index in [0.29, 0.717) is 28.6 Å². The van der Waals surface area contributed by atoms with Crippen LogP contribution in [0, 0.1) is 0 Å². The number of hydrogen-bond acceptors (Lipinski definition) is 4. The number of H-pyrrole nitrogens is 1. The Morgan fingerprint density at radius 1 is 1.03 bits per heavy atom. The van der Waals surface area contributed by atoms with Gasteiger partial charge < -0.3 is 15.0 Å². The molecule has 1 aromatic heterocycles. The van der Waals surface area contributed by atoms with Crippen LogP contribution in [0.1, 0.15) is 6.42 Å². The Hall–Kier alpha value is -3.22. The van der Waals surface area contributed by atoms with E-state index in [4.69, 9.17) is 21.3 Å². The van der Waals surface area contributed by atoms with Gasteiger partial charge in [-0.3, -0.25) is 4.79 Å². The second-order valence-corrected chi connectivity index (χ2v) is 8.48. The van der Waals surface area contributed by atoms with Crippen molar-refractivity contribution in [3.8, 4) is 28.3 Å². The summed E-state index contributed by atoms with van der Waals surface area (Å²) >= 11 is 7.64. The van der Waals surface area contributed by atoms with Crippen LogP contribution in [0.25, 0.3) is 22.5 Å². The number of aromatic amines is 1. The minimum Gasteiger partial charge on any atom is -0.495 e. The Morgan fingerprint density at radius 2 is 1.72 bits per heavy atom. The van der Waals surface area contributed by atoms with Gasteiger partial charge in [0.25, 0.3) is 0 Å². The summed E-state index contributed by atoms with van der Waals surface area (Å²) in [6.45, 7) is 0. The van der Waals surface area contributed by atoms with Crippen LogP contribution in [0.2, 0.25) is 5.02 Å². The van der Waals surface area contributed by atoms with Gasteiger partial charge in [0, 0.05) is 29.0 Å². The molecule has 0 aliphatic heterocycles. The summed E-state index contributed by atoms with van der Waals surface area (Å²) in [4.78, 5) is 20.6. The van der Waals surface area contributed by atoms with E-state index in [1.807, 2.05) is 48.5 Å². The molecule has 4 aromatic rings. The molecule has 0 unspecified atom stereocenters. The van der Waals surface area contributed by atoms with Crippen molar-refractivity contribution in [3.05, 3.63) is 83.9 Å². The van der Waals surface area contributed by atoms with Gasteiger partial charge in [-0.05, 0) is 18.2 Å². The zero-order chi connectivity index (χ0) is 22.3. The molecular weight excluding hydrogens is 442 g/mol. The van der Waals surface area contributed by atoms with Crippen LogP contribution < -0.4 is 10.1 Å². The van der Waals surface area contributed by atoms with E-state index in [0.717, 1.165) is 27.7 Å². The first-order valence-electron chi connectivity index (χ1n) is 10.1. The fourth-order valence-electron chi connectivity index (χ4n) is 3.25. The third-order valence-corrected chi connectivity index (χ3v) is 5.97. The Labute approximate surface area is 196 Å². The van der Waals surface area contributed by atoms with Crippen molar-refractivity contribution in [2.45, 2.75) is 11.6 Å². The van der Waals surface area contributed by atoms with Crippen LogP contribution in [-0.4, -0.2) is 28.7 Å². The van der Waals surface area contributed by atoms with E-state index in [2.05, 4.69) is 22.4 Å². The number of benzene rings is 3. The monoisotopic (exact) mass is 463 g/mol. The zero-order valence-electron chi connectivity index (χ0n) is 17.5. The van der Waals surface area contributed by atoms with Crippen molar-refractivity contribution < 1.29 is 9.53 Å². The van der Waals surface area contributed by atoms with Crippen molar-refractivity contribution >= 4 is 35.0 Å². The highest BCUT2D eigenvalue weighted by Gasteiger charge is 2.15. The molecule has 0 aliphatic carbocycles. The number of methoxy groups -OCH3 is 1. The van der Waals surface area contributed by atoms with Crippen molar-refractivity contribution in [1.82, 2.24) is 9.97 Å². The quantitative estimate of drug-likeness (QED) is 0.291. The lowest BCUT2D eigenvalue weighted by atomic mass is 10.1. The summed E-state index contributed by atoms with van der Waals surface area (Å²) in [7, 11) is 1.55.